The van der Waals surface area contributed by atoms with E-state index in [9.17, 15) is 21.4 Å². The van der Waals surface area contributed by atoms with Gasteiger partial charge in [-0.1, -0.05) is 42.5 Å². The molecule has 3 aromatic rings. The lowest BCUT2D eigenvalue weighted by atomic mass is 9.98. The maximum absolute atomic E-state index is 13.2. The first-order valence-electron chi connectivity index (χ1n) is 12.9. The zero-order valence-corrected chi connectivity index (χ0v) is 22.8. The van der Waals surface area contributed by atoms with E-state index in [1.54, 1.807) is 54.6 Å². The molecule has 0 aliphatic carbocycles. The fourth-order valence-corrected chi connectivity index (χ4v) is 7.00. The van der Waals surface area contributed by atoms with Crippen molar-refractivity contribution >= 4 is 18.0 Å². The Hall–Kier alpha value is -2.96. The van der Waals surface area contributed by atoms with E-state index in [1.807, 2.05) is 0 Å². The molecule has 2 aliphatic heterocycles. The zero-order chi connectivity index (χ0) is 27.5. The predicted molar refractivity (Wildman–Crippen MR) is 144 cm³/mol. The summed E-state index contributed by atoms with van der Waals surface area (Å²) >= 11 is 0. The van der Waals surface area contributed by atoms with Gasteiger partial charge in [-0.3, -0.25) is 4.55 Å². The standard InChI is InChI=1S/C28H30O9S2/c29-38(30,39(31,32)33)28-24(20-10-14-22(15-11-20)36-26-8-1-3-18-34-26)6-5-7-25(28)21-12-16-23(17-13-21)37-27-9-2-4-19-35-27/h5-7,10-17,26-27H,1-4,8-9,18-19H2,(H,31,32,33). The summed E-state index contributed by atoms with van der Waals surface area (Å²) in [6, 6.07) is 17.9. The minimum atomic E-state index is -5.48. The third-order valence-corrected chi connectivity index (χ3v) is 10.3. The van der Waals surface area contributed by atoms with Crippen molar-refractivity contribution in [2.24, 2.45) is 0 Å². The second-order valence-electron chi connectivity index (χ2n) is 9.44. The van der Waals surface area contributed by atoms with Gasteiger partial charge in [-0.15, -0.1) is 0 Å². The van der Waals surface area contributed by atoms with Crippen LogP contribution in [0.1, 0.15) is 38.5 Å². The molecule has 2 heterocycles. The Morgan fingerprint density at radius 3 is 1.44 bits per heavy atom. The van der Waals surface area contributed by atoms with Crippen LogP contribution < -0.4 is 9.47 Å². The second kappa shape index (κ2) is 11.6. The van der Waals surface area contributed by atoms with Gasteiger partial charge in [-0.2, -0.15) is 8.42 Å². The topological polar surface area (TPSA) is 125 Å². The van der Waals surface area contributed by atoms with E-state index in [-0.39, 0.29) is 23.7 Å². The van der Waals surface area contributed by atoms with Crippen molar-refractivity contribution in [2.45, 2.75) is 56.0 Å². The Labute approximate surface area is 227 Å². The number of ether oxygens (including phenoxy) is 4. The van der Waals surface area contributed by atoms with Gasteiger partial charge in [-0.25, -0.2) is 8.42 Å². The Kier molecular flexibility index (Phi) is 8.24. The van der Waals surface area contributed by atoms with Gasteiger partial charge in [0.25, 0.3) is 0 Å². The summed E-state index contributed by atoms with van der Waals surface area (Å²) in [5.41, 5.74) is 1.12. The van der Waals surface area contributed by atoms with Crippen LogP contribution in [0.3, 0.4) is 0 Å². The van der Waals surface area contributed by atoms with Crippen molar-refractivity contribution in [2.75, 3.05) is 13.2 Å². The summed E-state index contributed by atoms with van der Waals surface area (Å²) in [5, 5.41) is 0. The molecule has 0 radical (unpaired) electrons. The van der Waals surface area contributed by atoms with Crippen LogP contribution in [0.4, 0.5) is 0 Å². The van der Waals surface area contributed by atoms with E-state index in [1.165, 1.54) is 12.1 Å². The molecule has 2 saturated heterocycles. The molecule has 1 N–H and O–H groups in total. The molecular weight excluding hydrogens is 544 g/mol. The van der Waals surface area contributed by atoms with Gasteiger partial charge in [0.15, 0.2) is 12.6 Å². The van der Waals surface area contributed by atoms with Gasteiger partial charge in [-0.05, 0) is 61.1 Å². The van der Waals surface area contributed by atoms with Crippen LogP contribution in [0, 0.1) is 0 Å². The molecule has 0 spiro atoms. The maximum Gasteiger partial charge on any atom is 0.377 e. The Balaban J connectivity index is 1.50. The number of hydrogen-bond acceptors (Lipinski definition) is 8. The van der Waals surface area contributed by atoms with Crippen molar-refractivity contribution in [3.8, 4) is 33.8 Å². The lowest BCUT2D eigenvalue weighted by Gasteiger charge is -2.23. The minimum Gasteiger partial charge on any atom is -0.465 e. The van der Waals surface area contributed by atoms with E-state index in [4.69, 9.17) is 18.9 Å². The Morgan fingerprint density at radius 2 is 1.08 bits per heavy atom. The molecule has 0 amide bonds. The monoisotopic (exact) mass is 574 g/mol. The van der Waals surface area contributed by atoms with Gasteiger partial charge in [0, 0.05) is 24.0 Å². The third kappa shape index (κ3) is 6.28. The normalized spacial score (nSPS) is 20.3. The molecule has 5 rings (SSSR count). The SMILES string of the molecule is O=S(=O)(O)S(=O)(=O)c1c(-c2ccc(OC3CCCCO3)cc2)cccc1-c1ccc(OC2CCCCO2)cc1. The fourth-order valence-electron chi connectivity index (χ4n) is 4.70. The number of benzene rings is 3. The van der Waals surface area contributed by atoms with E-state index in [2.05, 4.69) is 0 Å². The van der Waals surface area contributed by atoms with Crippen LogP contribution in [-0.2, 0) is 27.5 Å². The van der Waals surface area contributed by atoms with E-state index in [0.29, 0.717) is 35.8 Å². The van der Waals surface area contributed by atoms with E-state index in [0.717, 1.165) is 38.5 Å². The van der Waals surface area contributed by atoms with Crippen molar-refractivity contribution in [1.29, 1.82) is 0 Å². The molecule has 3 aromatic carbocycles. The molecule has 2 atom stereocenters. The first-order chi connectivity index (χ1) is 18.7. The van der Waals surface area contributed by atoms with Gasteiger partial charge < -0.3 is 18.9 Å². The lowest BCUT2D eigenvalue weighted by molar-refractivity contribution is -0.106. The van der Waals surface area contributed by atoms with Gasteiger partial charge in [0.05, 0.1) is 13.2 Å². The molecule has 2 unspecified atom stereocenters. The summed E-state index contributed by atoms with van der Waals surface area (Å²) in [5.74, 6) is 1.08. The first kappa shape index (κ1) is 27.6. The van der Waals surface area contributed by atoms with Crippen molar-refractivity contribution < 1.29 is 40.3 Å². The molecule has 2 aliphatic rings. The largest absolute Gasteiger partial charge is 0.465 e. The summed E-state index contributed by atoms with van der Waals surface area (Å²) in [4.78, 5) is -0.513. The third-order valence-electron chi connectivity index (χ3n) is 6.68. The molecule has 2 fully saturated rings. The summed E-state index contributed by atoms with van der Waals surface area (Å²) < 4.78 is 83.1. The van der Waals surface area contributed by atoms with Crippen LogP contribution in [0.2, 0.25) is 0 Å². The molecule has 11 heteroatoms. The summed E-state index contributed by atoms with van der Waals surface area (Å²) in [7, 11) is -10.7. The highest BCUT2D eigenvalue weighted by atomic mass is 33.2. The summed E-state index contributed by atoms with van der Waals surface area (Å²) in [6.45, 7) is 1.27. The average molecular weight is 575 g/mol. The predicted octanol–water partition coefficient (Wildman–Crippen LogP) is 5.41. The van der Waals surface area contributed by atoms with Crippen LogP contribution in [-0.4, -0.2) is 47.2 Å². The van der Waals surface area contributed by atoms with Crippen LogP contribution in [0.15, 0.2) is 71.6 Å². The van der Waals surface area contributed by atoms with Crippen LogP contribution in [0.5, 0.6) is 11.5 Å². The van der Waals surface area contributed by atoms with Gasteiger partial charge in [0.1, 0.15) is 16.4 Å². The molecule has 0 saturated carbocycles. The fraction of sp³-hybridized carbons (Fsp3) is 0.357. The van der Waals surface area contributed by atoms with Crippen molar-refractivity contribution in [3.05, 3.63) is 66.7 Å². The van der Waals surface area contributed by atoms with Crippen LogP contribution >= 0.6 is 0 Å². The van der Waals surface area contributed by atoms with Gasteiger partial charge in [0.2, 0.25) is 0 Å². The highest BCUT2D eigenvalue weighted by molar-refractivity contribution is 8.65. The number of rotatable bonds is 8. The van der Waals surface area contributed by atoms with Gasteiger partial charge >= 0.3 is 18.0 Å². The maximum atomic E-state index is 13.2. The number of hydrogen-bond donors (Lipinski definition) is 1. The van der Waals surface area contributed by atoms with E-state index >= 15 is 0 Å². The molecular formula is C28H30O9S2. The molecule has 0 bridgehead atoms. The smallest absolute Gasteiger partial charge is 0.377 e. The molecule has 39 heavy (non-hydrogen) atoms. The van der Waals surface area contributed by atoms with Crippen LogP contribution in [0.25, 0.3) is 22.3 Å². The quantitative estimate of drug-likeness (QED) is 0.278. The zero-order valence-electron chi connectivity index (χ0n) is 21.2. The highest BCUT2D eigenvalue weighted by Gasteiger charge is 2.35. The van der Waals surface area contributed by atoms with Crippen molar-refractivity contribution in [1.82, 2.24) is 0 Å². The Morgan fingerprint density at radius 1 is 0.641 bits per heavy atom. The van der Waals surface area contributed by atoms with Crippen molar-refractivity contribution in [3.63, 3.8) is 0 Å². The summed E-state index contributed by atoms with van der Waals surface area (Å²) in [6.07, 6.45) is 4.85. The molecule has 208 valence electrons. The minimum absolute atomic E-state index is 0.126. The molecule has 0 aromatic heterocycles. The lowest BCUT2D eigenvalue weighted by Crippen LogP contribution is -2.24. The first-order valence-corrected chi connectivity index (χ1v) is 16.3. The second-order valence-corrected chi connectivity index (χ2v) is 14.2. The van der Waals surface area contributed by atoms with E-state index < -0.39 is 22.9 Å². The Bertz CT molecular complexity index is 1410. The average Bonchev–Trinajstić information content (AvgIpc) is 2.94. The highest BCUT2D eigenvalue weighted by Crippen LogP contribution is 2.39. The molecule has 9 nitrogen and oxygen atoms in total.